The molecule has 50 valence electrons. The molecule has 0 unspecified atom stereocenters. The van der Waals surface area contributed by atoms with E-state index in [0.717, 1.165) is 5.52 Å². The molecule has 0 bridgehead atoms. The summed E-state index contributed by atoms with van der Waals surface area (Å²) in [7, 11) is 0. The van der Waals surface area contributed by atoms with Gasteiger partial charge in [0.25, 0.3) is 0 Å². The maximum absolute atomic E-state index is 4.81. The lowest BCUT2D eigenvalue weighted by atomic mass is 10.6. The van der Waals surface area contributed by atoms with Gasteiger partial charge in [0.2, 0.25) is 0 Å². The second kappa shape index (κ2) is 1.70. The zero-order chi connectivity index (χ0) is 6.97. The summed E-state index contributed by atoms with van der Waals surface area (Å²) in [6.07, 6.45) is 4.88. The zero-order valence-electron chi connectivity index (χ0n) is 5.19. The highest BCUT2D eigenvalue weighted by Gasteiger charge is 2.00. The SMILES string of the molecule is C=Cc1ncc2cnon12. The van der Waals surface area contributed by atoms with Crippen LogP contribution in [0.3, 0.4) is 0 Å². The van der Waals surface area contributed by atoms with Gasteiger partial charge < -0.3 is 0 Å². The number of rotatable bonds is 1. The number of fused-ring (bicyclic) bond motifs is 1. The molecule has 0 N–H and O–H groups in total. The Bertz CT molecular complexity index is 360. The number of hydrogen-bond acceptors (Lipinski definition) is 3. The molecule has 0 fully saturated rings. The van der Waals surface area contributed by atoms with Crippen molar-refractivity contribution in [3.63, 3.8) is 0 Å². The normalized spacial score (nSPS) is 10.4. The van der Waals surface area contributed by atoms with E-state index in [9.17, 15) is 0 Å². The molecule has 2 aromatic rings. The molecule has 10 heavy (non-hydrogen) atoms. The molecule has 0 saturated carbocycles. The summed E-state index contributed by atoms with van der Waals surface area (Å²) in [5, 5.41) is 3.57. The Morgan fingerprint density at radius 3 is 3.30 bits per heavy atom. The lowest BCUT2D eigenvalue weighted by molar-refractivity contribution is 0.270. The van der Waals surface area contributed by atoms with Crippen LogP contribution in [0.1, 0.15) is 5.82 Å². The minimum absolute atomic E-state index is 0.674. The fourth-order valence-electron chi connectivity index (χ4n) is 0.804. The van der Waals surface area contributed by atoms with E-state index in [1.165, 1.54) is 4.57 Å². The van der Waals surface area contributed by atoms with Crippen molar-refractivity contribution in [2.45, 2.75) is 0 Å². The maximum Gasteiger partial charge on any atom is 0.171 e. The van der Waals surface area contributed by atoms with E-state index in [2.05, 4.69) is 16.7 Å². The lowest BCUT2D eigenvalue weighted by Crippen LogP contribution is -1.80. The third-order valence-corrected chi connectivity index (χ3v) is 1.27. The molecule has 0 aromatic carbocycles. The molecule has 0 saturated heterocycles. The summed E-state index contributed by atoms with van der Waals surface area (Å²) in [5.74, 6) is 0.674. The van der Waals surface area contributed by atoms with Crippen molar-refractivity contribution in [3.8, 4) is 0 Å². The van der Waals surface area contributed by atoms with Gasteiger partial charge in [-0.1, -0.05) is 11.7 Å². The molecule has 0 amide bonds. The van der Waals surface area contributed by atoms with Crippen molar-refractivity contribution in [1.82, 2.24) is 14.7 Å². The average molecular weight is 135 g/mol. The molecular weight excluding hydrogens is 130 g/mol. The molecule has 0 spiro atoms. The molecule has 0 aliphatic rings. The van der Waals surface area contributed by atoms with Gasteiger partial charge in [0.15, 0.2) is 5.82 Å². The van der Waals surface area contributed by atoms with Gasteiger partial charge in [0.1, 0.15) is 5.52 Å². The lowest BCUT2D eigenvalue weighted by Gasteiger charge is -1.81. The minimum atomic E-state index is 0.674. The fraction of sp³-hybridized carbons (Fsp3) is 0. The van der Waals surface area contributed by atoms with Crippen LogP contribution in [0, 0.1) is 0 Å². The van der Waals surface area contributed by atoms with Crippen LogP contribution in [0.4, 0.5) is 0 Å². The summed E-state index contributed by atoms with van der Waals surface area (Å²) < 4.78 is 6.32. The van der Waals surface area contributed by atoms with Crippen molar-refractivity contribution in [2.24, 2.45) is 0 Å². The molecule has 0 atom stereocenters. The summed E-state index contributed by atoms with van der Waals surface area (Å²) >= 11 is 0. The Hall–Kier alpha value is -1.58. The van der Waals surface area contributed by atoms with Gasteiger partial charge in [-0.05, 0) is 6.08 Å². The summed E-state index contributed by atoms with van der Waals surface area (Å²) in [4.78, 5) is 3.98. The predicted molar refractivity (Wildman–Crippen MR) is 35.3 cm³/mol. The summed E-state index contributed by atoms with van der Waals surface area (Å²) in [6, 6.07) is 0. The van der Waals surface area contributed by atoms with E-state index in [1.807, 2.05) is 0 Å². The number of imidazole rings is 1. The van der Waals surface area contributed by atoms with E-state index >= 15 is 0 Å². The monoisotopic (exact) mass is 135 g/mol. The Labute approximate surface area is 56.7 Å². The Balaban J connectivity index is 2.88. The van der Waals surface area contributed by atoms with E-state index in [-0.39, 0.29) is 0 Å². The second-order valence-corrected chi connectivity index (χ2v) is 1.86. The van der Waals surface area contributed by atoms with Gasteiger partial charge in [-0.3, -0.25) is 4.63 Å². The fourth-order valence-corrected chi connectivity index (χ4v) is 0.804. The van der Waals surface area contributed by atoms with Gasteiger partial charge in [0.05, 0.1) is 12.4 Å². The van der Waals surface area contributed by atoms with Crippen molar-refractivity contribution in [3.05, 3.63) is 24.8 Å². The highest BCUT2D eigenvalue weighted by atomic mass is 16.6. The first-order valence-corrected chi connectivity index (χ1v) is 2.83. The van der Waals surface area contributed by atoms with Crippen LogP contribution in [0.2, 0.25) is 0 Å². The number of hydrogen-bond donors (Lipinski definition) is 0. The van der Waals surface area contributed by atoms with Gasteiger partial charge in [-0.2, -0.15) is 0 Å². The van der Waals surface area contributed by atoms with Crippen molar-refractivity contribution < 1.29 is 4.63 Å². The Kier molecular flexibility index (Phi) is 0.887. The molecule has 0 aliphatic heterocycles. The molecule has 2 rings (SSSR count). The van der Waals surface area contributed by atoms with Gasteiger partial charge in [-0.25, -0.2) is 4.98 Å². The first kappa shape index (κ1) is 5.22. The highest BCUT2D eigenvalue weighted by molar-refractivity contribution is 5.48. The van der Waals surface area contributed by atoms with E-state index < -0.39 is 0 Å². The van der Waals surface area contributed by atoms with E-state index in [1.54, 1.807) is 18.5 Å². The minimum Gasteiger partial charge on any atom is -0.261 e. The largest absolute Gasteiger partial charge is 0.261 e. The Morgan fingerprint density at radius 2 is 2.50 bits per heavy atom. The highest BCUT2D eigenvalue weighted by Crippen LogP contribution is 2.04. The van der Waals surface area contributed by atoms with E-state index in [0.29, 0.717) is 5.82 Å². The van der Waals surface area contributed by atoms with Gasteiger partial charge >= 0.3 is 0 Å². The van der Waals surface area contributed by atoms with Crippen LogP contribution in [-0.4, -0.2) is 14.7 Å². The second-order valence-electron chi connectivity index (χ2n) is 1.86. The van der Waals surface area contributed by atoms with Crippen molar-refractivity contribution in [1.29, 1.82) is 0 Å². The van der Waals surface area contributed by atoms with Crippen LogP contribution >= 0.6 is 0 Å². The molecule has 4 nitrogen and oxygen atoms in total. The van der Waals surface area contributed by atoms with Crippen LogP contribution in [-0.2, 0) is 0 Å². The van der Waals surface area contributed by atoms with E-state index in [4.69, 9.17) is 4.63 Å². The third-order valence-electron chi connectivity index (χ3n) is 1.27. The maximum atomic E-state index is 4.81. The number of aromatic nitrogens is 3. The molecule has 0 radical (unpaired) electrons. The van der Waals surface area contributed by atoms with Gasteiger partial charge in [0, 0.05) is 0 Å². The quantitative estimate of drug-likeness (QED) is 0.585. The topological polar surface area (TPSA) is 43.3 Å². The first-order valence-electron chi connectivity index (χ1n) is 2.83. The summed E-state index contributed by atoms with van der Waals surface area (Å²) in [5.41, 5.74) is 0.843. The third kappa shape index (κ3) is 0.500. The Morgan fingerprint density at radius 1 is 1.60 bits per heavy atom. The molecule has 2 heterocycles. The van der Waals surface area contributed by atoms with Crippen LogP contribution in [0.5, 0.6) is 0 Å². The number of nitrogens with zero attached hydrogens (tertiary/aromatic N) is 3. The zero-order valence-corrected chi connectivity index (χ0v) is 5.19. The van der Waals surface area contributed by atoms with Crippen LogP contribution < -0.4 is 0 Å². The molecule has 2 aromatic heterocycles. The van der Waals surface area contributed by atoms with Crippen molar-refractivity contribution in [2.75, 3.05) is 0 Å². The average Bonchev–Trinajstić information content (AvgIpc) is 2.44. The standard InChI is InChI=1S/C6H5N3O/c1-2-6-7-3-5-4-8-10-9(5)6/h2-4H,1H2. The first-order chi connectivity index (χ1) is 4.92. The van der Waals surface area contributed by atoms with Crippen LogP contribution in [0.15, 0.2) is 23.6 Å². The van der Waals surface area contributed by atoms with Crippen molar-refractivity contribution >= 4 is 11.6 Å². The smallest absolute Gasteiger partial charge is 0.171 e. The molecular formula is C6H5N3O. The van der Waals surface area contributed by atoms with Gasteiger partial charge in [-0.15, -0.1) is 4.57 Å². The summed E-state index contributed by atoms with van der Waals surface area (Å²) in [6.45, 7) is 3.56. The molecule has 0 aliphatic carbocycles. The molecule has 4 heteroatoms. The van der Waals surface area contributed by atoms with Crippen LogP contribution in [0.25, 0.3) is 11.6 Å². The predicted octanol–water partition coefficient (Wildman–Crippen LogP) is 0.965.